The molecule has 1 aliphatic rings. The molecule has 1 heterocycles. The van der Waals surface area contributed by atoms with Gasteiger partial charge >= 0.3 is 5.97 Å². The van der Waals surface area contributed by atoms with Crippen molar-refractivity contribution in [2.24, 2.45) is 0 Å². The third-order valence-corrected chi connectivity index (χ3v) is 3.61. The van der Waals surface area contributed by atoms with Crippen LogP contribution in [-0.4, -0.2) is 34.5 Å². The summed E-state index contributed by atoms with van der Waals surface area (Å²) in [7, 11) is 0. The summed E-state index contributed by atoms with van der Waals surface area (Å²) in [5.74, 6) is -0.936. The predicted octanol–water partition coefficient (Wildman–Crippen LogP) is 2.53. The molecule has 1 N–H and O–H groups in total. The third kappa shape index (κ3) is 2.90. The van der Waals surface area contributed by atoms with Crippen molar-refractivity contribution in [2.45, 2.75) is 25.3 Å². The number of carboxylic acids is 1. The number of amides is 1. The van der Waals surface area contributed by atoms with Crippen molar-refractivity contribution in [2.75, 3.05) is 6.54 Å². The zero-order valence-electron chi connectivity index (χ0n) is 9.80. The first-order chi connectivity index (χ1) is 8.58. The maximum atomic E-state index is 12.3. The van der Waals surface area contributed by atoms with Gasteiger partial charge in [-0.3, -0.25) is 9.59 Å². The van der Waals surface area contributed by atoms with Crippen molar-refractivity contribution >= 4 is 27.8 Å². The van der Waals surface area contributed by atoms with E-state index in [0.717, 1.165) is 17.3 Å². The Balaban J connectivity index is 2.15. The maximum absolute atomic E-state index is 12.3. The average Bonchev–Trinajstić information content (AvgIpc) is 2.75. The highest BCUT2D eigenvalue weighted by Crippen LogP contribution is 2.23. The largest absolute Gasteiger partial charge is 0.481 e. The first-order valence-electron chi connectivity index (χ1n) is 5.86. The standard InChI is InChI=1S/C13H14BrNO3/c14-10-4-1-3-9(7-10)13(18)15-6-2-5-11(15)8-12(16)17/h1,3-4,7,11H,2,5-6,8H2,(H,16,17). The van der Waals surface area contributed by atoms with E-state index in [1.54, 1.807) is 23.1 Å². The van der Waals surface area contributed by atoms with Gasteiger partial charge in [0.1, 0.15) is 0 Å². The molecule has 1 amide bonds. The van der Waals surface area contributed by atoms with E-state index in [0.29, 0.717) is 12.1 Å². The van der Waals surface area contributed by atoms with Gasteiger partial charge in [-0.15, -0.1) is 0 Å². The number of carbonyl (C=O) groups is 2. The molecule has 1 aromatic rings. The minimum Gasteiger partial charge on any atom is -0.481 e. The highest BCUT2D eigenvalue weighted by atomic mass is 79.9. The Morgan fingerprint density at radius 1 is 1.44 bits per heavy atom. The van der Waals surface area contributed by atoms with E-state index in [4.69, 9.17) is 5.11 Å². The summed E-state index contributed by atoms with van der Waals surface area (Å²) in [6, 6.07) is 7.01. The van der Waals surface area contributed by atoms with Crippen LogP contribution < -0.4 is 0 Å². The van der Waals surface area contributed by atoms with Crippen molar-refractivity contribution in [3.8, 4) is 0 Å². The van der Waals surface area contributed by atoms with Crippen LogP contribution in [0.3, 0.4) is 0 Å². The number of aliphatic carboxylic acids is 1. The Labute approximate surface area is 114 Å². The molecule has 1 fully saturated rings. The van der Waals surface area contributed by atoms with E-state index in [9.17, 15) is 9.59 Å². The van der Waals surface area contributed by atoms with E-state index in [-0.39, 0.29) is 18.4 Å². The molecule has 4 nitrogen and oxygen atoms in total. The molecule has 0 spiro atoms. The molecule has 0 bridgehead atoms. The number of benzene rings is 1. The van der Waals surface area contributed by atoms with Crippen LogP contribution in [0, 0.1) is 0 Å². The fraction of sp³-hybridized carbons (Fsp3) is 0.385. The molecule has 18 heavy (non-hydrogen) atoms. The number of hydrogen-bond acceptors (Lipinski definition) is 2. The van der Waals surface area contributed by atoms with E-state index >= 15 is 0 Å². The maximum Gasteiger partial charge on any atom is 0.305 e. The highest BCUT2D eigenvalue weighted by molar-refractivity contribution is 9.10. The molecule has 1 unspecified atom stereocenters. The normalized spacial score (nSPS) is 18.9. The molecular formula is C13H14BrNO3. The van der Waals surface area contributed by atoms with Gasteiger partial charge in [0, 0.05) is 22.6 Å². The summed E-state index contributed by atoms with van der Waals surface area (Å²) in [5, 5.41) is 8.84. The molecular weight excluding hydrogens is 298 g/mol. The van der Waals surface area contributed by atoms with Crippen molar-refractivity contribution in [1.29, 1.82) is 0 Å². The van der Waals surface area contributed by atoms with E-state index in [2.05, 4.69) is 15.9 Å². The number of hydrogen-bond donors (Lipinski definition) is 1. The van der Waals surface area contributed by atoms with Crippen LogP contribution in [0.4, 0.5) is 0 Å². The van der Waals surface area contributed by atoms with Gasteiger partial charge in [-0.25, -0.2) is 0 Å². The van der Waals surface area contributed by atoms with Gasteiger partial charge in [0.15, 0.2) is 0 Å². The summed E-state index contributed by atoms with van der Waals surface area (Å²) < 4.78 is 0.849. The molecule has 0 aromatic heterocycles. The molecule has 0 saturated carbocycles. The first kappa shape index (κ1) is 13.1. The summed E-state index contributed by atoms with van der Waals surface area (Å²) in [4.78, 5) is 24.7. The number of halogens is 1. The van der Waals surface area contributed by atoms with Crippen LogP contribution in [0.2, 0.25) is 0 Å². The van der Waals surface area contributed by atoms with E-state index in [1.165, 1.54) is 0 Å². The van der Waals surface area contributed by atoms with E-state index in [1.807, 2.05) is 6.07 Å². The van der Waals surface area contributed by atoms with Crippen LogP contribution >= 0.6 is 15.9 Å². The molecule has 0 radical (unpaired) electrons. The SMILES string of the molecule is O=C(O)CC1CCCN1C(=O)c1cccc(Br)c1. The van der Waals surface area contributed by atoms with Crippen LogP contribution in [0.1, 0.15) is 29.6 Å². The quantitative estimate of drug-likeness (QED) is 0.933. The van der Waals surface area contributed by atoms with Crippen LogP contribution in [0.15, 0.2) is 28.7 Å². The molecule has 1 saturated heterocycles. The van der Waals surface area contributed by atoms with Gasteiger partial charge in [-0.05, 0) is 31.0 Å². The summed E-state index contributed by atoms with van der Waals surface area (Å²) in [6.07, 6.45) is 1.67. The fourth-order valence-corrected chi connectivity index (χ4v) is 2.70. The van der Waals surface area contributed by atoms with Gasteiger partial charge in [-0.2, -0.15) is 0 Å². The summed E-state index contributed by atoms with van der Waals surface area (Å²) in [6.45, 7) is 0.642. The lowest BCUT2D eigenvalue weighted by Gasteiger charge is -2.23. The minimum atomic E-state index is -0.853. The average molecular weight is 312 g/mol. The number of likely N-dealkylation sites (tertiary alicyclic amines) is 1. The van der Waals surface area contributed by atoms with Gasteiger partial charge in [0.2, 0.25) is 0 Å². The van der Waals surface area contributed by atoms with Crippen LogP contribution in [0.25, 0.3) is 0 Å². The molecule has 5 heteroatoms. The topological polar surface area (TPSA) is 57.6 Å². The lowest BCUT2D eigenvalue weighted by molar-refractivity contribution is -0.137. The molecule has 1 aromatic carbocycles. The Hall–Kier alpha value is -1.36. The summed E-state index contributed by atoms with van der Waals surface area (Å²) >= 11 is 3.33. The Kier molecular flexibility index (Phi) is 4.01. The van der Waals surface area contributed by atoms with Gasteiger partial charge in [0.25, 0.3) is 5.91 Å². The predicted molar refractivity (Wildman–Crippen MR) is 70.5 cm³/mol. The molecule has 1 aliphatic heterocycles. The molecule has 2 rings (SSSR count). The van der Waals surface area contributed by atoms with Crippen LogP contribution in [-0.2, 0) is 4.79 Å². The van der Waals surface area contributed by atoms with Crippen molar-refractivity contribution in [3.05, 3.63) is 34.3 Å². The monoisotopic (exact) mass is 311 g/mol. The first-order valence-corrected chi connectivity index (χ1v) is 6.65. The smallest absolute Gasteiger partial charge is 0.305 e. The second kappa shape index (κ2) is 5.52. The number of nitrogens with zero attached hydrogens (tertiary/aromatic N) is 1. The third-order valence-electron chi connectivity index (χ3n) is 3.12. The van der Waals surface area contributed by atoms with Crippen molar-refractivity contribution < 1.29 is 14.7 Å². The van der Waals surface area contributed by atoms with Crippen LogP contribution in [0.5, 0.6) is 0 Å². The van der Waals surface area contributed by atoms with Gasteiger partial charge < -0.3 is 10.0 Å². The minimum absolute atomic E-state index is 0.0275. The van der Waals surface area contributed by atoms with Gasteiger partial charge in [-0.1, -0.05) is 22.0 Å². The second-order valence-corrected chi connectivity index (χ2v) is 5.32. The summed E-state index contributed by atoms with van der Waals surface area (Å²) in [5.41, 5.74) is 0.599. The molecule has 1 atom stereocenters. The molecule has 96 valence electrons. The van der Waals surface area contributed by atoms with Crippen molar-refractivity contribution in [1.82, 2.24) is 4.90 Å². The number of rotatable bonds is 3. The van der Waals surface area contributed by atoms with E-state index < -0.39 is 5.97 Å². The molecule has 0 aliphatic carbocycles. The second-order valence-electron chi connectivity index (χ2n) is 4.40. The van der Waals surface area contributed by atoms with Gasteiger partial charge in [0.05, 0.1) is 6.42 Å². The Morgan fingerprint density at radius 2 is 2.22 bits per heavy atom. The Morgan fingerprint density at radius 3 is 2.89 bits per heavy atom. The lowest BCUT2D eigenvalue weighted by atomic mass is 10.1. The Bertz CT molecular complexity index is 475. The highest BCUT2D eigenvalue weighted by Gasteiger charge is 2.30. The number of carbonyl (C=O) groups excluding carboxylic acids is 1. The zero-order chi connectivity index (χ0) is 13.1. The van der Waals surface area contributed by atoms with Crippen molar-refractivity contribution in [3.63, 3.8) is 0 Å². The lowest BCUT2D eigenvalue weighted by Crippen LogP contribution is -2.36. The number of carboxylic acid groups (broad SMARTS) is 1. The fourth-order valence-electron chi connectivity index (χ4n) is 2.30. The zero-order valence-corrected chi connectivity index (χ0v) is 11.4.